The molecule has 1 unspecified atom stereocenters. The first kappa shape index (κ1) is 11.7. The van der Waals surface area contributed by atoms with E-state index in [1.807, 2.05) is 12.3 Å². The fourth-order valence-corrected chi connectivity index (χ4v) is 2.87. The van der Waals surface area contributed by atoms with Crippen molar-refractivity contribution in [3.8, 4) is 0 Å². The highest BCUT2D eigenvalue weighted by atomic mass is 14.9. The molecule has 0 amide bonds. The first-order chi connectivity index (χ1) is 8.88. The molecule has 1 aliphatic rings. The molecule has 1 fully saturated rings. The molecule has 3 rings (SSSR count). The molecule has 1 saturated carbocycles. The van der Waals surface area contributed by atoms with Crippen molar-refractivity contribution >= 4 is 10.9 Å². The summed E-state index contributed by atoms with van der Waals surface area (Å²) in [6.07, 6.45) is 7.34. The van der Waals surface area contributed by atoms with Crippen LogP contribution in [-0.4, -0.2) is 12.0 Å². The number of benzene rings is 1. The molecule has 1 N–H and O–H groups in total. The molecule has 0 bridgehead atoms. The van der Waals surface area contributed by atoms with Crippen LogP contribution in [0.3, 0.4) is 0 Å². The zero-order valence-corrected chi connectivity index (χ0v) is 10.9. The number of hydrogen-bond donors (Lipinski definition) is 1. The normalized spacial score (nSPS) is 17.6. The van der Waals surface area contributed by atoms with Gasteiger partial charge in [-0.1, -0.05) is 43.5 Å². The second kappa shape index (κ2) is 5.07. The lowest BCUT2D eigenvalue weighted by atomic mass is 9.79. The number of fused-ring (bicyclic) bond motifs is 1. The minimum Gasteiger partial charge on any atom is -0.313 e. The second-order valence-corrected chi connectivity index (χ2v) is 5.30. The summed E-state index contributed by atoms with van der Waals surface area (Å²) < 4.78 is 0. The number of nitrogens with zero attached hydrogens (tertiary/aromatic N) is 1. The van der Waals surface area contributed by atoms with E-state index in [0.717, 1.165) is 11.4 Å². The smallest absolute Gasteiger partial charge is 0.0749 e. The van der Waals surface area contributed by atoms with Gasteiger partial charge in [-0.2, -0.15) is 0 Å². The van der Waals surface area contributed by atoms with E-state index in [0.29, 0.717) is 6.04 Å². The Kier molecular flexibility index (Phi) is 3.28. The summed E-state index contributed by atoms with van der Waals surface area (Å²) in [6, 6.07) is 11.1. The van der Waals surface area contributed by atoms with E-state index >= 15 is 0 Å². The highest BCUT2D eigenvalue weighted by Crippen LogP contribution is 2.35. The molecule has 0 aliphatic heterocycles. The Hall–Kier alpha value is -1.41. The molecule has 1 heterocycles. The van der Waals surface area contributed by atoms with Gasteiger partial charge in [0.25, 0.3) is 0 Å². The topological polar surface area (TPSA) is 24.9 Å². The average molecular weight is 240 g/mol. The van der Waals surface area contributed by atoms with Crippen LogP contribution in [-0.2, 0) is 0 Å². The van der Waals surface area contributed by atoms with Crippen LogP contribution < -0.4 is 5.32 Å². The maximum Gasteiger partial charge on any atom is 0.0749 e. The van der Waals surface area contributed by atoms with Crippen molar-refractivity contribution < 1.29 is 0 Å². The summed E-state index contributed by atoms with van der Waals surface area (Å²) >= 11 is 0. The van der Waals surface area contributed by atoms with Crippen molar-refractivity contribution in [2.24, 2.45) is 5.92 Å². The number of para-hydroxylation sites is 1. The van der Waals surface area contributed by atoms with Crippen molar-refractivity contribution in [2.75, 3.05) is 7.05 Å². The van der Waals surface area contributed by atoms with Gasteiger partial charge in [0.1, 0.15) is 0 Å². The quantitative estimate of drug-likeness (QED) is 0.881. The van der Waals surface area contributed by atoms with E-state index < -0.39 is 0 Å². The fourth-order valence-electron chi connectivity index (χ4n) is 2.87. The van der Waals surface area contributed by atoms with Gasteiger partial charge in [0.15, 0.2) is 0 Å². The number of pyridine rings is 1. The number of nitrogens with one attached hydrogen (secondary N) is 1. The molecule has 2 heteroatoms. The predicted octanol–water partition coefficient (Wildman–Crippen LogP) is 3.69. The molecule has 0 spiro atoms. The molecule has 1 atom stereocenters. The average Bonchev–Trinajstić information content (AvgIpc) is 2.38. The SMILES string of the molecule is CNC(CC1CCC1)c1cccc2cccnc12. The minimum atomic E-state index is 0.439. The molecule has 2 nitrogen and oxygen atoms in total. The Bertz CT molecular complexity index is 526. The Morgan fingerprint density at radius 2 is 2.11 bits per heavy atom. The van der Waals surface area contributed by atoms with Crippen molar-refractivity contribution in [1.82, 2.24) is 10.3 Å². The van der Waals surface area contributed by atoms with E-state index in [1.165, 1.54) is 36.6 Å². The summed E-state index contributed by atoms with van der Waals surface area (Å²) in [5, 5.41) is 4.71. The van der Waals surface area contributed by atoms with Gasteiger partial charge < -0.3 is 5.32 Å². The van der Waals surface area contributed by atoms with E-state index in [1.54, 1.807) is 0 Å². The van der Waals surface area contributed by atoms with E-state index in [4.69, 9.17) is 0 Å². The maximum atomic E-state index is 4.56. The van der Waals surface area contributed by atoms with Gasteiger partial charge in [-0.3, -0.25) is 4.98 Å². The summed E-state index contributed by atoms with van der Waals surface area (Å²) in [4.78, 5) is 4.56. The van der Waals surface area contributed by atoms with E-state index in [-0.39, 0.29) is 0 Å². The third-order valence-electron chi connectivity index (χ3n) is 4.18. The number of rotatable bonds is 4. The fraction of sp³-hybridized carbons (Fsp3) is 0.438. The molecular formula is C16H20N2. The predicted molar refractivity (Wildman–Crippen MR) is 75.5 cm³/mol. The van der Waals surface area contributed by atoms with Gasteiger partial charge in [0, 0.05) is 17.6 Å². The van der Waals surface area contributed by atoms with E-state index in [9.17, 15) is 0 Å². The van der Waals surface area contributed by atoms with Gasteiger partial charge in [0.05, 0.1) is 5.52 Å². The molecular weight excluding hydrogens is 220 g/mol. The molecule has 2 aromatic rings. The lowest BCUT2D eigenvalue weighted by molar-refractivity contribution is 0.266. The van der Waals surface area contributed by atoms with Gasteiger partial charge in [-0.25, -0.2) is 0 Å². The standard InChI is InChI=1S/C16H20N2/c1-17-15(11-12-5-2-6-12)14-9-3-7-13-8-4-10-18-16(13)14/h3-4,7-10,12,15,17H,2,5-6,11H2,1H3. The molecule has 1 aromatic carbocycles. The largest absolute Gasteiger partial charge is 0.313 e. The van der Waals surface area contributed by atoms with Gasteiger partial charge in [-0.05, 0) is 31.0 Å². The molecule has 1 aromatic heterocycles. The lowest BCUT2D eigenvalue weighted by Crippen LogP contribution is -2.23. The Morgan fingerprint density at radius 3 is 2.83 bits per heavy atom. The lowest BCUT2D eigenvalue weighted by Gasteiger charge is -2.30. The van der Waals surface area contributed by atoms with E-state index in [2.05, 4.69) is 41.6 Å². The highest BCUT2D eigenvalue weighted by molar-refractivity contribution is 5.81. The Balaban J connectivity index is 1.95. The molecule has 0 saturated heterocycles. The highest BCUT2D eigenvalue weighted by Gasteiger charge is 2.23. The second-order valence-electron chi connectivity index (χ2n) is 5.30. The molecule has 0 radical (unpaired) electrons. The zero-order chi connectivity index (χ0) is 12.4. The summed E-state index contributed by atoms with van der Waals surface area (Å²) in [7, 11) is 2.06. The van der Waals surface area contributed by atoms with Crippen LogP contribution in [0.4, 0.5) is 0 Å². The molecule has 94 valence electrons. The van der Waals surface area contributed by atoms with Gasteiger partial charge >= 0.3 is 0 Å². The van der Waals surface area contributed by atoms with Crippen molar-refractivity contribution in [2.45, 2.75) is 31.7 Å². The maximum absolute atomic E-state index is 4.56. The van der Waals surface area contributed by atoms with Crippen LogP contribution in [0, 0.1) is 5.92 Å². The number of hydrogen-bond acceptors (Lipinski definition) is 2. The molecule has 1 aliphatic carbocycles. The monoisotopic (exact) mass is 240 g/mol. The van der Waals surface area contributed by atoms with Crippen LogP contribution >= 0.6 is 0 Å². The third-order valence-corrected chi connectivity index (χ3v) is 4.18. The third kappa shape index (κ3) is 2.13. The first-order valence-electron chi connectivity index (χ1n) is 6.89. The van der Waals surface area contributed by atoms with Crippen LogP contribution in [0.25, 0.3) is 10.9 Å². The van der Waals surface area contributed by atoms with Gasteiger partial charge in [0.2, 0.25) is 0 Å². The molecule has 18 heavy (non-hydrogen) atoms. The Labute approximate surface area is 108 Å². The van der Waals surface area contributed by atoms with Crippen LogP contribution in [0.15, 0.2) is 36.5 Å². The van der Waals surface area contributed by atoms with Crippen molar-refractivity contribution in [3.05, 3.63) is 42.1 Å². The van der Waals surface area contributed by atoms with Crippen molar-refractivity contribution in [1.29, 1.82) is 0 Å². The minimum absolute atomic E-state index is 0.439. The van der Waals surface area contributed by atoms with Crippen LogP contribution in [0.1, 0.15) is 37.3 Å². The summed E-state index contributed by atoms with van der Waals surface area (Å²) in [5.41, 5.74) is 2.50. The van der Waals surface area contributed by atoms with Crippen LogP contribution in [0.5, 0.6) is 0 Å². The number of aromatic nitrogens is 1. The van der Waals surface area contributed by atoms with Gasteiger partial charge in [-0.15, -0.1) is 0 Å². The summed E-state index contributed by atoms with van der Waals surface area (Å²) in [6.45, 7) is 0. The Morgan fingerprint density at radius 1 is 1.28 bits per heavy atom. The van der Waals surface area contributed by atoms with Crippen LogP contribution in [0.2, 0.25) is 0 Å². The zero-order valence-electron chi connectivity index (χ0n) is 10.9. The van der Waals surface area contributed by atoms with Crippen molar-refractivity contribution in [3.63, 3.8) is 0 Å². The summed E-state index contributed by atoms with van der Waals surface area (Å²) in [5.74, 6) is 0.904. The first-order valence-corrected chi connectivity index (χ1v) is 6.89.